The van der Waals surface area contributed by atoms with Gasteiger partial charge in [-0.3, -0.25) is 14.9 Å². The number of esters is 1. The summed E-state index contributed by atoms with van der Waals surface area (Å²) in [5.74, 6) is -1.14. The molecule has 0 spiro atoms. The summed E-state index contributed by atoms with van der Waals surface area (Å²) in [7, 11) is 0. The monoisotopic (exact) mass is 370 g/mol. The first kappa shape index (κ1) is 17.6. The van der Waals surface area contributed by atoms with Crippen molar-refractivity contribution >= 4 is 44.7 Å². The van der Waals surface area contributed by atoms with E-state index in [0.29, 0.717) is 4.88 Å². The summed E-state index contributed by atoms with van der Waals surface area (Å²) in [6.45, 7) is 1.35. The molecule has 26 heavy (non-hydrogen) atoms. The number of aryl methyl sites for hydroxylation is 1. The molecule has 1 amide bonds. The quantitative estimate of drug-likeness (QED) is 0.417. The Labute approximate surface area is 152 Å². The van der Waals surface area contributed by atoms with Gasteiger partial charge in [-0.1, -0.05) is 24.3 Å². The molecule has 0 aliphatic carbocycles. The Morgan fingerprint density at radius 2 is 1.96 bits per heavy atom. The highest BCUT2D eigenvalue weighted by Gasteiger charge is 2.18. The molecule has 0 aliphatic rings. The van der Waals surface area contributed by atoms with Crippen LogP contribution in [-0.4, -0.2) is 23.4 Å². The largest absolute Gasteiger partial charge is 0.451 e. The third-order valence-electron chi connectivity index (χ3n) is 3.70. The number of fused-ring (bicyclic) bond motifs is 1. The van der Waals surface area contributed by atoms with E-state index in [9.17, 15) is 19.7 Å². The minimum atomic E-state index is -0.572. The van der Waals surface area contributed by atoms with Gasteiger partial charge in [0.25, 0.3) is 11.6 Å². The van der Waals surface area contributed by atoms with E-state index in [0.717, 1.165) is 15.6 Å². The maximum absolute atomic E-state index is 12.3. The number of non-ortho nitro benzene ring substituents is 1. The number of amides is 1. The first-order chi connectivity index (χ1) is 12.5. The van der Waals surface area contributed by atoms with E-state index < -0.39 is 23.4 Å². The van der Waals surface area contributed by atoms with E-state index >= 15 is 0 Å². The van der Waals surface area contributed by atoms with Gasteiger partial charge in [0, 0.05) is 22.5 Å². The van der Waals surface area contributed by atoms with Crippen LogP contribution < -0.4 is 5.32 Å². The number of benzene rings is 2. The second-order valence-electron chi connectivity index (χ2n) is 5.48. The standard InChI is InChI=1S/C18H14N2O5S/c1-11-14-7-2-3-8-15(14)26-17(11)18(22)25-10-16(21)19-12-5-4-6-13(9-12)20(23)24/h2-9H,10H2,1H3,(H,19,21). The summed E-state index contributed by atoms with van der Waals surface area (Å²) < 4.78 is 6.05. The van der Waals surface area contributed by atoms with Gasteiger partial charge in [-0.05, 0) is 30.0 Å². The second-order valence-corrected chi connectivity index (χ2v) is 6.54. The van der Waals surface area contributed by atoms with E-state index in [1.54, 1.807) is 0 Å². The molecule has 3 rings (SSSR count). The zero-order valence-corrected chi connectivity index (χ0v) is 14.5. The third-order valence-corrected chi connectivity index (χ3v) is 4.96. The number of rotatable bonds is 5. The first-order valence-electron chi connectivity index (χ1n) is 7.65. The lowest BCUT2D eigenvalue weighted by molar-refractivity contribution is -0.384. The molecule has 0 unspecified atom stereocenters. The van der Waals surface area contributed by atoms with Gasteiger partial charge in [0.05, 0.1) is 4.92 Å². The predicted octanol–water partition coefficient (Wildman–Crippen LogP) is 3.91. The number of anilines is 1. The molecule has 0 bridgehead atoms. The number of nitro benzene ring substituents is 1. The molecule has 0 aliphatic heterocycles. The van der Waals surface area contributed by atoms with Crippen molar-refractivity contribution in [2.75, 3.05) is 11.9 Å². The van der Waals surface area contributed by atoms with Crippen LogP contribution in [0.1, 0.15) is 15.2 Å². The topological polar surface area (TPSA) is 98.5 Å². The number of carbonyl (C=O) groups excluding carboxylic acids is 2. The average molecular weight is 370 g/mol. The van der Waals surface area contributed by atoms with Crippen LogP contribution in [0.3, 0.4) is 0 Å². The van der Waals surface area contributed by atoms with Crippen LogP contribution in [0.4, 0.5) is 11.4 Å². The van der Waals surface area contributed by atoms with E-state index in [2.05, 4.69) is 5.32 Å². The summed E-state index contributed by atoms with van der Waals surface area (Å²) >= 11 is 1.31. The Kier molecular flexibility index (Phi) is 4.94. The van der Waals surface area contributed by atoms with Gasteiger partial charge < -0.3 is 10.1 Å². The Hall–Kier alpha value is -3.26. The highest BCUT2D eigenvalue weighted by Crippen LogP contribution is 2.30. The number of thiophene rings is 1. The van der Waals surface area contributed by atoms with E-state index in [1.807, 2.05) is 31.2 Å². The normalized spacial score (nSPS) is 10.5. The van der Waals surface area contributed by atoms with Crippen molar-refractivity contribution in [2.45, 2.75) is 6.92 Å². The average Bonchev–Trinajstić information content (AvgIpc) is 2.97. The highest BCUT2D eigenvalue weighted by molar-refractivity contribution is 7.21. The molecule has 0 saturated carbocycles. The van der Waals surface area contributed by atoms with Crippen molar-refractivity contribution in [1.82, 2.24) is 0 Å². The van der Waals surface area contributed by atoms with Crippen LogP contribution in [0.25, 0.3) is 10.1 Å². The minimum Gasteiger partial charge on any atom is -0.451 e. The molecule has 0 saturated heterocycles. The van der Waals surface area contributed by atoms with Crippen molar-refractivity contribution in [3.63, 3.8) is 0 Å². The van der Waals surface area contributed by atoms with Crippen LogP contribution in [0, 0.1) is 17.0 Å². The van der Waals surface area contributed by atoms with E-state index in [1.165, 1.54) is 35.6 Å². The smallest absolute Gasteiger partial charge is 0.349 e. The summed E-state index contributed by atoms with van der Waals surface area (Å²) in [4.78, 5) is 34.8. The summed E-state index contributed by atoms with van der Waals surface area (Å²) in [5.41, 5.74) is 0.939. The molecular weight excluding hydrogens is 356 g/mol. The lowest BCUT2D eigenvalue weighted by Crippen LogP contribution is -2.20. The fourth-order valence-electron chi connectivity index (χ4n) is 2.46. The first-order valence-corrected chi connectivity index (χ1v) is 8.47. The van der Waals surface area contributed by atoms with Gasteiger partial charge in [0.15, 0.2) is 6.61 Å². The molecule has 8 heteroatoms. The Morgan fingerprint density at radius 3 is 2.69 bits per heavy atom. The SMILES string of the molecule is Cc1c(C(=O)OCC(=O)Nc2cccc([N+](=O)[O-])c2)sc2ccccc12. The molecule has 132 valence electrons. The molecule has 0 radical (unpaired) electrons. The number of nitro groups is 1. The maximum Gasteiger partial charge on any atom is 0.349 e. The zero-order chi connectivity index (χ0) is 18.7. The zero-order valence-electron chi connectivity index (χ0n) is 13.7. The van der Waals surface area contributed by atoms with Gasteiger partial charge in [0.1, 0.15) is 4.88 Å². The maximum atomic E-state index is 12.3. The lowest BCUT2D eigenvalue weighted by Gasteiger charge is -2.06. The molecule has 1 heterocycles. The van der Waals surface area contributed by atoms with Gasteiger partial charge in [-0.15, -0.1) is 11.3 Å². The number of ether oxygens (including phenoxy) is 1. The van der Waals surface area contributed by atoms with Crippen molar-refractivity contribution in [1.29, 1.82) is 0 Å². The number of hydrogen-bond donors (Lipinski definition) is 1. The Morgan fingerprint density at radius 1 is 1.19 bits per heavy atom. The Balaban J connectivity index is 1.63. The van der Waals surface area contributed by atoms with Crippen LogP contribution in [-0.2, 0) is 9.53 Å². The molecule has 1 aromatic heterocycles. The van der Waals surface area contributed by atoms with Crippen LogP contribution in [0.15, 0.2) is 48.5 Å². The van der Waals surface area contributed by atoms with Gasteiger partial charge in [-0.25, -0.2) is 4.79 Å². The number of nitrogens with zero attached hydrogens (tertiary/aromatic N) is 1. The molecule has 3 aromatic rings. The molecular formula is C18H14N2O5S. The molecule has 1 N–H and O–H groups in total. The van der Waals surface area contributed by atoms with Crippen LogP contribution in [0.5, 0.6) is 0 Å². The molecule has 2 aromatic carbocycles. The number of carbonyl (C=O) groups is 2. The fourth-order valence-corrected chi connectivity index (χ4v) is 3.56. The minimum absolute atomic E-state index is 0.138. The van der Waals surface area contributed by atoms with Crippen molar-refractivity contribution in [2.24, 2.45) is 0 Å². The van der Waals surface area contributed by atoms with Crippen LogP contribution >= 0.6 is 11.3 Å². The summed E-state index contributed by atoms with van der Waals surface area (Å²) in [6, 6.07) is 13.1. The summed E-state index contributed by atoms with van der Waals surface area (Å²) in [6.07, 6.45) is 0. The van der Waals surface area contributed by atoms with Gasteiger partial charge in [-0.2, -0.15) is 0 Å². The van der Waals surface area contributed by atoms with Gasteiger partial charge in [0.2, 0.25) is 0 Å². The van der Waals surface area contributed by atoms with Crippen LogP contribution in [0.2, 0.25) is 0 Å². The lowest BCUT2D eigenvalue weighted by atomic mass is 10.1. The predicted molar refractivity (Wildman–Crippen MR) is 98.6 cm³/mol. The number of hydrogen-bond acceptors (Lipinski definition) is 6. The Bertz CT molecular complexity index is 1010. The van der Waals surface area contributed by atoms with Crippen molar-refractivity contribution in [3.05, 3.63) is 69.1 Å². The van der Waals surface area contributed by atoms with Gasteiger partial charge >= 0.3 is 5.97 Å². The molecule has 7 nitrogen and oxygen atoms in total. The molecule has 0 atom stereocenters. The van der Waals surface area contributed by atoms with Crippen molar-refractivity contribution < 1.29 is 19.2 Å². The third kappa shape index (κ3) is 3.70. The van der Waals surface area contributed by atoms with E-state index in [-0.39, 0.29) is 11.4 Å². The molecule has 0 fully saturated rings. The number of nitrogens with one attached hydrogen (secondary N) is 1. The van der Waals surface area contributed by atoms with E-state index in [4.69, 9.17) is 4.74 Å². The second kappa shape index (κ2) is 7.32. The highest BCUT2D eigenvalue weighted by atomic mass is 32.1. The fraction of sp³-hybridized carbons (Fsp3) is 0.111. The summed E-state index contributed by atoms with van der Waals surface area (Å²) in [5, 5.41) is 14.2. The van der Waals surface area contributed by atoms with Crippen molar-refractivity contribution in [3.8, 4) is 0 Å².